The molecule has 0 atom stereocenters. The number of unbranched alkanes of at least 4 members (excludes halogenated alkanes) is 2. The molecule has 3 aliphatic rings. The minimum Gasteiger partial charge on any atom is -0.318 e. The highest BCUT2D eigenvalue weighted by Gasteiger charge is 2.43. The standard InChI is InChI=1S/C41H52N2O6/c1-5-7-23-41(24-8-6-2)35-25-31(37(44)27(3)42-48-39(46)29-15-11-9-12-16-29)19-21-33(35)34-22-20-32(26-36(34)41)38(45)28(4)43-49-40(47)30-17-13-10-14-18-30/h19-22,25-26,29-30H,5-18,23-24H2,1-4H3/b42-27+,43-28+. The zero-order valence-electron chi connectivity index (χ0n) is 29.8. The molecular formula is C41H52N2O6. The Kier molecular flexibility index (Phi) is 12.3. The second-order valence-electron chi connectivity index (χ2n) is 14.3. The Morgan fingerprint density at radius 1 is 0.633 bits per heavy atom. The fraction of sp³-hybridized carbons (Fsp3) is 0.561. The van der Waals surface area contributed by atoms with E-state index in [0.717, 1.165) is 125 Å². The summed E-state index contributed by atoms with van der Waals surface area (Å²) in [6, 6.07) is 11.6. The molecule has 2 saturated carbocycles. The molecule has 0 aliphatic heterocycles. The third-order valence-electron chi connectivity index (χ3n) is 10.9. The number of carbonyl (C=O) groups excluding carboxylic acids is 4. The van der Waals surface area contributed by atoms with Crippen molar-refractivity contribution < 1.29 is 28.9 Å². The highest BCUT2D eigenvalue weighted by atomic mass is 16.7. The first kappa shape index (κ1) is 36.3. The minimum absolute atomic E-state index is 0.138. The van der Waals surface area contributed by atoms with Crippen LogP contribution < -0.4 is 0 Å². The van der Waals surface area contributed by atoms with Crippen molar-refractivity contribution in [2.75, 3.05) is 0 Å². The maximum absolute atomic E-state index is 13.7. The number of nitrogens with zero attached hydrogens (tertiary/aromatic N) is 2. The van der Waals surface area contributed by atoms with Gasteiger partial charge in [-0.1, -0.05) is 113 Å². The second-order valence-corrected chi connectivity index (χ2v) is 14.3. The Morgan fingerprint density at radius 2 is 1.02 bits per heavy atom. The van der Waals surface area contributed by atoms with Gasteiger partial charge in [0.2, 0.25) is 11.6 Å². The predicted molar refractivity (Wildman–Crippen MR) is 192 cm³/mol. The molecule has 8 nitrogen and oxygen atoms in total. The Hall–Kier alpha value is -3.94. The lowest BCUT2D eigenvalue weighted by molar-refractivity contribution is -0.150. The molecule has 0 spiro atoms. The number of ketones is 2. The third-order valence-corrected chi connectivity index (χ3v) is 10.9. The number of Topliss-reactive ketones (excluding diaryl/α,β-unsaturated/α-hetero) is 2. The van der Waals surface area contributed by atoms with E-state index in [9.17, 15) is 19.2 Å². The summed E-state index contributed by atoms with van der Waals surface area (Å²) in [6.45, 7) is 7.53. The average molecular weight is 669 g/mol. The summed E-state index contributed by atoms with van der Waals surface area (Å²) in [7, 11) is 0. The van der Waals surface area contributed by atoms with Crippen molar-refractivity contribution in [3.63, 3.8) is 0 Å². The van der Waals surface area contributed by atoms with Crippen LogP contribution in [0.1, 0.15) is 162 Å². The van der Waals surface area contributed by atoms with Crippen LogP contribution in [0.4, 0.5) is 0 Å². The molecule has 0 N–H and O–H groups in total. The van der Waals surface area contributed by atoms with Crippen molar-refractivity contribution in [1.29, 1.82) is 0 Å². The van der Waals surface area contributed by atoms with E-state index in [1.807, 2.05) is 36.4 Å². The Balaban J connectivity index is 1.44. The smallest absolute Gasteiger partial charge is 0.318 e. The van der Waals surface area contributed by atoms with Crippen molar-refractivity contribution in [3.05, 3.63) is 58.7 Å². The van der Waals surface area contributed by atoms with Crippen LogP contribution in [0.25, 0.3) is 11.1 Å². The van der Waals surface area contributed by atoms with Crippen LogP contribution in [0.2, 0.25) is 0 Å². The van der Waals surface area contributed by atoms with Crippen molar-refractivity contribution in [1.82, 2.24) is 0 Å². The van der Waals surface area contributed by atoms with Gasteiger partial charge in [-0.05, 0) is 86.8 Å². The normalized spacial score (nSPS) is 18.0. The first-order valence-corrected chi connectivity index (χ1v) is 18.6. The monoisotopic (exact) mass is 668 g/mol. The predicted octanol–water partition coefficient (Wildman–Crippen LogP) is 9.70. The number of benzene rings is 2. The maximum atomic E-state index is 13.7. The maximum Gasteiger partial charge on any atom is 0.338 e. The molecule has 262 valence electrons. The van der Waals surface area contributed by atoms with Gasteiger partial charge in [-0.25, -0.2) is 9.59 Å². The molecule has 0 amide bonds. The molecule has 2 aromatic rings. The van der Waals surface area contributed by atoms with E-state index in [0.29, 0.717) is 11.1 Å². The van der Waals surface area contributed by atoms with Crippen LogP contribution in [-0.2, 0) is 24.7 Å². The molecule has 3 aliphatic carbocycles. The van der Waals surface area contributed by atoms with Crippen LogP contribution in [0.3, 0.4) is 0 Å². The van der Waals surface area contributed by atoms with E-state index in [-0.39, 0.29) is 52.2 Å². The van der Waals surface area contributed by atoms with Crippen LogP contribution in [0, 0.1) is 11.8 Å². The van der Waals surface area contributed by atoms with Crippen LogP contribution in [0.15, 0.2) is 46.7 Å². The Bertz CT molecular complexity index is 1490. The SMILES string of the molecule is CCCCC1(CCCC)c2cc(C(=O)/C(C)=N/OC(=O)C3CCCCC3)ccc2-c2ccc(C(=O)/C(C)=N/OC(=O)C3CCCCC3)cc21. The van der Waals surface area contributed by atoms with Crippen molar-refractivity contribution in [3.8, 4) is 11.1 Å². The quantitative estimate of drug-likeness (QED) is 0.0858. The highest BCUT2D eigenvalue weighted by molar-refractivity contribution is 6.45. The molecule has 2 fully saturated rings. The lowest BCUT2D eigenvalue weighted by atomic mass is 9.70. The molecule has 0 unspecified atom stereocenters. The van der Waals surface area contributed by atoms with Crippen molar-refractivity contribution in [2.24, 2.45) is 22.1 Å². The van der Waals surface area contributed by atoms with Gasteiger partial charge >= 0.3 is 11.9 Å². The van der Waals surface area contributed by atoms with E-state index in [2.05, 4.69) is 24.2 Å². The van der Waals surface area contributed by atoms with E-state index >= 15 is 0 Å². The van der Waals surface area contributed by atoms with Gasteiger partial charge in [-0.3, -0.25) is 9.59 Å². The lowest BCUT2D eigenvalue weighted by Crippen LogP contribution is -2.26. The van der Waals surface area contributed by atoms with Gasteiger partial charge in [0.05, 0.1) is 11.8 Å². The van der Waals surface area contributed by atoms with Crippen LogP contribution >= 0.6 is 0 Å². The number of oxime groups is 2. The number of fused-ring (bicyclic) bond motifs is 3. The van der Waals surface area contributed by atoms with Gasteiger partial charge in [-0.15, -0.1) is 0 Å². The van der Waals surface area contributed by atoms with Crippen molar-refractivity contribution >= 4 is 34.9 Å². The molecule has 0 heterocycles. The third kappa shape index (κ3) is 8.11. The summed E-state index contributed by atoms with van der Waals surface area (Å²) in [5.41, 5.74) is 5.16. The molecular weight excluding hydrogens is 616 g/mol. The molecule has 5 rings (SSSR count). The van der Waals surface area contributed by atoms with Gasteiger partial charge in [0.1, 0.15) is 11.4 Å². The first-order valence-electron chi connectivity index (χ1n) is 18.6. The van der Waals surface area contributed by atoms with E-state index in [1.54, 1.807) is 13.8 Å². The highest BCUT2D eigenvalue weighted by Crippen LogP contribution is 2.54. The topological polar surface area (TPSA) is 111 Å². The summed E-state index contributed by atoms with van der Waals surface area (Å²) in [5.74, 6) is -1.58. The molecule has 8 heteroatoms. The van der Waals surface area contributed by atoms with E-state index in [4.69, 9.17) is 9.68 Å². The zero-order valence-corrected chi connectivity index (χ0v) is 29.8. The molecule has 49 heavy (non-hydrogen) atoms. The molecule has 0 radical (unpaired) electrons. The van der Waals surface area contributed by atoms with Gasteiger partial charge < -0.3 is 9.68 Å². The van der Waals surface area contributed by atoms with E-state index < -0.39 is 0 Å². The number of carbonyl (C=O) groups is 4. The molecule has 2 aromatic carbocycles. The largest absolute Gasteiger partial charge is 0.338 e. The average Bonchev–Trinajstić information content (AvgIpc) is 3.42. The van der Waals surface area contributed by atoms with Gasteiger partial charge in [-0.2, -0.15) is 0 Å². The van der Waals surface area contributed by atoms with E-state index in [1.165, 1.54) is 0 Å². The fourth-order valence-corrected chi connectivity index (χ4v) is 7.95. The summed E-state index contributed by atoms with van der Waals surface area (Å²) in [6.07, 6.45) is 15.2. The molecule has 0 bridgehead atoms. The van der Waals surface area contributed by atoms with Crippen LogP contribution in [-0.4, -0.2) is 34.9 Å². The summed E-state index contributed by atoms with van der Waals surface area (Å²) < 4.78 is 0. The number of hydrogen-bond acceptors (Lipinski definition) is 8. The summed E-state index contributed by atoms with van der Waals surface area (Å²) >= 11 is 0. The van der Waals surface area contributed by atoms with Crippen molar-refractivity contribution in [2.45, 2.75) is 136 Å². The lowest BCUT2D eigenvalue weighted by Gasteiger charge is -2.33. The molecule has 0 aromatic heterocycles. The number of rotatable bonds is 14. The van der Waals surface area contributed by atoms with Gasteiger partial charge in [0.25, 0.3) is 0 Å². The molecule has 0 saturated heterocycles. The number of hydrogen-bond donors (Lipinski definition) is 0. The Morgan fingerprint density at radius 3 is 1.39 bits per heavy atom. The zero-order chi connectivity index (χ0) is 35.0. The minimum atomic E-state index is -0.389. The van der Waals surface area contributed by atoms with Gasteiger partial charge in [0.15, 0.2) is 0 Å². The summed E-state index contributed by atoms with van der Waals surface area (Å²) in [5, 5.41) is 7.96. The second kappa shape index (κ2) is 16.6. The van der Waals surface area contributed by atoms with Crippen LogP contribution in [0.5, 0.6) is 0 Å². The van der Waals surface area contributed by atoms with Gasteiger partial charge in [0, 0.05) is 16.5 Å². The fourth-order valence-electron chi connectivity index (χ4n) is 7.95. The summed E-state index contributed by atoms with van der Waals surface area (Å²) in [4.78, 5) is 63.0. The first-order chi connectivity index (χ1) is 23.7. The Labute approximate surface area is 291 Å².